The molecule has 0 amide bonds. The van der Waals surface area contributed by atoms with Crippen LogP contribution in [0.15, 0.2) is 48.8 Å². The molecular weight excluding hydrogens is 228 g/mol. The van der Waals surface area contributed by atoms with Gasteiger partial charge in [-0.1, -0.05) is 24.3 Å². The van der Waals surface area contributed by atoms with Crippen LogP contribution in [0, 0.1) is 0 Å². The minimum absolute atomic E-state index is 0.464. The van der Waals surface area contributed by atoms with Crippen LogP contribution in [-0.4, -0.2) is 16.1 Å². The molecule has 1 unspecified atom stereocenters. The van der Waals surface area contributed by atoms with E-state index in [1.54, 1.807) is 55.7 Å². The topological polar surface area (TPSA) is 76.2 Å². The van der Waals surface area contributed by atoms with Crippen LogP contribution in [0.3, 0.4) is 0 Å². The van der Waals surface area contributed by atoms with Crippen molar-refractivity contribution < 1.29 is 9.90 Å². The Morgan fingerprint density at radius 3 is 2.56 bits per heavy atom. The van der Waals surface area contributed by atoms with Crippen molar-refractivity contribution in [2.24, 2.45) is 0 Å². The van der Waals surface area contributed by atoms with E-state index in [9.17, 15) is 9.90 Å². The summed E-state index contributed by atoms with van der Waals surface area (Å²) in [5.41, 5.74) is 6.35. The molecule has 0 radical (unpaired) electrons. The summed E-state index contributed by atoms with van der Waals surface area (Å²) >= 11 is 0. The van der Waals surface area contributed by atoms with E-state index in [1.807, 2.05) is 0 Å². The molecule has 2 aromatic rings. The van der Waals surface area contributed by atoms with Gasteiger partial charge in [0.1, 0.15) is 5.41 Å². The molecule has 0 saturated carbocycles. The minimum atomic E-state index is -1.19. The summed E-state index contributed by atoms with van der Waals surface area (Å²) in [6.45, 7) is 1.64. The minimum Gasteiger partial charge on any atom is -0.480 e. The number of pyridine rings is 1. The zero-order valence-electron chi connectivity index (χ0n) is 10.00. The molecule has 0 spiro atoms. The van der Waals surface area contributed by atoms with Crippen LogP contribution in [0.1, 0.15) is 18.1 Å². The maximum absolute atomic E-state index is 11.7. The van der Waals surface area contributed by atoms with Crippen molar-refractivity contribution in [2.75, 3.05) is 5.73 Å². The van der Waals surface area contributed by atoms with Crippen LogP contribution >= 0.6 is 0 Å². The number of rotatable bonds is 3. The zero-order chi connectivity index (χ0) is 13.2. The lowest BCUT2D eigenvalue weighted by Gasteiger charge is -2.26. The fraction of sp³-hybridized carbons (Fsp3) is 0.143. The molecule has 1 aromatic carbocycles. The van der Waals surface area contributed by atoms with Gasteiger partial charge in [-0.3, -0.25) is 9.78 Å². The molecule has 1 heterocycles. The second-order valence-electron chi connectivity index (χ2n) is 4.26. The standard InChI is InChI=1S/C14H14N2O2/c1-14(13(17)18,10-5-4-8-16-9-10)11-6-2-3-7-12(11)15/h2-9H,15H2,1H3,(H,17,18). The van der Waals surface area contributed by atoms with E-state index in [2.05, 4.69) is 4.98 Å². The maximum atomic E-state index is 11.7. The van der Waals surface area contributed by atoms with Crippen LogP contribution in [0.4, 0.5) is 5.69 Å². The van der Waals surface area contributed by atoms with Gasteiger partial charge in [0.25, 0.3) is 0 Å². The average Bonchev–Trinajstić information content (AvgIpc) is 2.39. The first kappa shape index (κ1) is 12.1. The number of nitrogens with two attached hydrogens (primary N) is 1. The largest absolute Gasteiger partial charge is 0.480 e. The third-order valence-corrected chi connectivity index (χ3v) is 3.17. The van der Waals surface area contributed by atoms with E-state index in [0.29, 0.717) is 16.8 Å². The lowest BCUT2D eigenvalue weighted by molar-refractivity contribution is -0.141. The van der Waals surface area contributed by atoms with Gasteiger partial charge in [-0.15, -0.1) is 0 Å². The highest BCUT2D eigenvalue weighted by Crippen LogP contribution is 2.35. The Morgan fingerprint density at radius 2 is 2.00 bits per heavy atom. The number of nitrogens with zero attached hydrogens (tertiary/aromatic N) is 1. The molecule has 3 N–H and O–H groups in total. The van der Waals surface area contributed by atoms with E-state index in [4.69, 9.17) is 5.73 Å². The van der Waals surface area contributed by atoms with E-state index in [-0.39, 0.29) is 0 Å². The van der Waals surface area contributed by atoms with E-state index in [0.717, 1.165) is 0 Å². The molecular formula is C14H14N2O2. The van der Waals surface area contributed by atoms with Gasteiger partial charge in [0, 0.05) is 18.1 Å². The maximum Gasteiger partial charge on any atom is 0.318 e. The van der Waals surface area contributed by atoms with Crippen molar-refractivity contribution in [1.82, 2.24) is 4.98 Å². The molecule has 1 atom stereocenters. The van der Waals surface area contributed by atoms with Crippen LogP contribution in [0.25, 0.3) is 0 Å². The summed E-state index contributed by atoms with van der Waals surface area (Å²) in [5.74, 6) is -0.951. The van der Waals surface area contributed by atoms with Gasteiger partial charge in [0.05, 0.1) is 0 Å². The summed E-state index contributed by atoms with van der Waals surface area (Å²) in [5, 5.41) is 9.58. The first-order valence-corrected chi connectivity index (χ1v) is 5.55. The Bertz CT molecular complexity index is 569. The first-order chi connectivity index (χ1) is 8.56. The summed E-state index contributed by atoms with van der Waals surface area (Å²) < 4.78 is 0. The third kappa shape index (κ3) is 1.82. The molecule has 4 nitrogen and oxygen atoms in total. The van der Waals surface area contributed by atoms with Crippen LogP contribution in [0.2, 0.25) is 0 Å². The van der Waals surface area contributed by atoms with Crippen molar-refractivity contribution in [3.8, 4) is 0 Å². The van der Waals surface area contributed by atoms with Gasteiger partial charge in [0.15, 0.2) is 0 Å². The Hall–Kier alpha value is -2.36. The van der Waals surface area contributed by atoms with Gasteiger partial charge < -0.3 is 10.8 Å². The molecule has 0 aliphatic carbocycles. The lowest BCUT2D eigenvalue weighted by Crippen LogP contribution is -2.34. The van der Waals surface area contributed by atoms with E-state index >= 15 is 0 Å². The first-order valence-electron chi connectivity index (χ1n) is 5.55. The molecule has 0 aliphatic rings. The Kier molecular flexibility index (Phi) is 3.02. The summed E-state index contributed by atoms with van der Waals surface area (Å²) in [4.78, 5) is 15.7. The second-order valence-corrected chi connectivity index (χ2v) is 4.26. The van der Waals surface area contributed by atoms with Crippen molar-refractivity contribution in [3.63, 3.8) is 0 Å². The quantitative estimate of drug-likeness (QED) is 0.808. The number of aliphatic carboxylic acids is 1. The Morgan fingerprint density at radius 1 is 1.28 bits per heavy atom. The summed E-state index contributed by atoms with van der Waals surface area (Å²) in [7, 11) is 0. The summed E-state index contributed by atoms with van der Waals surface area (Å²) in [6, 6.07) is 10.5. The van der Waals surface area contributed by atoms with Crippen molar-refractivity contribution in [2.45, 2.75) is 12.3 Å². The molecule has 0 bridgehead atoms. The number of carboxylic acid groups (broad SMARTS) is 1. The third-order valence-electron chi connectivity index (χ3n) is 3.17. The van der Waals surface area contributed by atoms with Crippen LogP contribution in [-0.2, 0) is 10.2 Å². The molecule has 2 rings (SSSR count). The monoisotopic (exact) mass is 242 g/mol. The van der Waals surface area contributed by atoms with E-state index in [1.165, 1.54) is 0 Å². The molecule has 1 aromatic heterocycles. The fourth-order valence-corrected chi connectivity index (χ4v) is 2.01. The SMILES string of the molecule is CC(C(=O)O)(c1cccnc1)c1ccccc1N. The fourth-order valence-electron chi connectivity index (χ4n) is 2.01. The van der Waals surface area contributed by atoms with Crippen LogP contribution < -0.4 is 5.73 Å². The molecule has 18 heavy (non-hydrogen) atoms. The number of nitrogen functional groups attached to an aromatic ring is 1. The molecule has 4 heteroatoms. The predicted molar refractivity (Wildman–Crippen MR) is 69.2 cm³/mol. The molecule has 0 fully saturated rings. The highest BCUT2D eigenvalue weighted by atomic mass is 16.4. The number of hydrogen-bond acceptors (Lipinski definition) is 3. The predicted octanol–water partition coefficient (Wildman–Crippen LogP) is 2.05. The number of anilines is 1. The lowest BCUT2D eigenvalue weighted by atomic mass is 9.76. The van der Waals surface area contributed by atoms with Gasteiger partial charge in [-0.25, -0.2) is 0 Å². The summed E-state index contributed by atoms with van der Waals surface area (Å²) in [6.07, 6.45) is 3.17. The number of para-hydroxylation sites is 1. The number of carbonyl (C=O) groups is 1. The van der Waals surface area contributed by atoms with Gasteiger partial charge in [-0.05, 0) is 30.2 Å². The van der Waals surface area contributed by atoms with Crippen molar-refractivity contribution in [3.05, 3.63) is 59.9 Å². The smallest absolute Gasteiger partial charge is 0.318 e. The Labute approximate surface area is 105 Å². The number of benzene rings is 1. The van der Waals surface area contributed by atoms with Crippen LogP contribution in [0.5, 0.6) is 0 Å². The van der Waals surface area contributed by atoms with Crippen molar-refractivity contribution in [1.29, 1.82) is 0 Å². The van der Waals surface area contributed by atoms with Gasteiger partial charge in [-0.2, -0.15) is 0 Å². The highest BCUT2D eigenvalue weighted by Gasteiger charge is 2.38. The highest BCUT2D eigenvalue weighted by molar-refractivity contribution is 5.87. The second kappa shape index (κ2) is 4.49. The van der Waals surface area contributed by atoms with Gasteiger partial charge >= 0.3 is 5.97 Å². The Balaban J connectivity index is 2.67. The number of hydrogen-bond donors (Lipinski definition) is 2. The van der Waals surface area contributed by atoms with Gasteiger partial charge in [0.2, 0.25) is 0 Å². The number of carboxylic acids is 1. The average molecular weight is 242 g/mol. The zero-order valence-corrected chi connectivity index (χ0v) is 10.00. The van der Waals surface area contributed by atoms with E-state index < -0.39 is 11.4 Å². The van der Waals surface area contributed by atoms with Crippen molar-refractivity contribution >= 4 is 11.7 Å². The molecule has 0 aliphatic heterocycles. The molecule has 92 valence electrons. The molecule has 0 saturated heterocycles. The number of aromatic nitrogens is 1. The normalized spacial score (nSPS) is 13.8.